The normalized spacial score (nSPS) is 11.2. The molecular formula is C19H11F2NO3S. The number of methoxy groups -OCH3 is 1. The van der Waals surface area contributed by atoms with Crippen LogP contribution in [0.1, 0.15) is 9.67 Å². The highest BCUT2D eigenvalue weighted by atomic mass is 32.1. The summed E-state index contributed by atoms with van der Waals surface area (Å²) in [6.45, 7) is 0. The summed E-state index contributed by atoms with van der Waals surface area (Å²) in [5.41, 5.74) is 1.14. The topological polar surface area (TPSA) is 59.4 Å². The van der Waals surface area contributed by atoms with Gasteiger partial charge in [-0.1, -0.05) is 12.1 Å². The number of ether oxygens (including phenoxy) is 1. The average molecular weight is 371 g/mol. The Morgan fingerprint density at radius 2 is 1.88 bits per heavy atom. The molecule has 4 aromatic rings. The summed E-state index contributed by atoms with van der Waals surface area (Å²) in [6, 6.07) is 8.85. The number of thiophene rings is 1. The summed E-state index contributed by atoms with van der Waals surface area (Å²) in [5, 5.41) is 10.4. The minimum Gasteiger partial charge on any atom is -0.497 e. The van der Waals surface area contributed by atoms with E-state index in [0.29, 0.717) is 27.0 Å². The van der Waals surface area contributed by atoms with Gasteiger partial charge in [0.25, 0.3) is 0 Å². The van der Waals surface area contributed by atoms with Crippen molar-refractivity contribution in [2.75, 3.05) is 7.11 Å². The van der Waals surface area contributed by atoms with Crippen molar-refractivity contribution in [3.63, 3.8) is 0 Å². The maximum Gasteiger partial charge on any atom is 0.346 e. The number of rotatable bonds is 3. The van der Waals surface area contributed by atoms with Crippen molar-refractivity contribution in [3.8, 4) is 16.9 Å². The number of carbonyl (C=O) groups is 1. The fraction of sp³-hybridized carbons (Fsp3) is 0.0526. The molecule has 0 aliphatic rings. The van der Waals surface area contributed by atoms with Gasteiger partial charge in [-0.2, -0.15) is 0 Å². The molecule has 0 spiro atoms. The number of hydrogen-bond acceptors (Lipinski definition) is 4. The van der Waals surface area contributed by atoms with E-state index in [2.05, 4.69) is 4.98 Å². The zero-order valence-corrected chi connectivity index (χ0v) is 14.2. The van der Waals surface area contributed by atoms with Crippen LogP contribution in [-0.2, 0) is 0 Å². The fourth-order valence-corrected chi connectivity index (χ4v) is 4.11. The lowest BCUT2D eigenvalue weighted by molar-refractivity contribution is 0.0703. The lowest BCUT2D eigenvalue weighted by Gasteiger charge is -2.05. The van der Waals surface area contributed by atoms with Gasteiger partial charge in [-0.3, -0.25) is 4.98 Å². The van der Waals surface area contributed by atoms with Crippen LogP contribution in [0.4, 0.5) is 8.78 Å². The van der Waals surface area contributed by atoms with Gasteiger partial charge >= 0.3 is 5.97 Å². The SMILES string of the molecule is COc1ccc(-c2c(C(=O)O)sc3c2cnc2c(F)cc(F)cc23)cc1. The van der Waals surface area contributed by atoms with Gasteiger partial charge in [0.1, 0.15) is 22.0 Å². The number of aromatic carboxylic acids is 1. The molecule has 2 aromatic heterocycles. The molecule has 7 heteroatoms. The lowest BCUT2D eigenvalue weighted by Crippen LogP contribution is -1.95. The molecule has 0 fully saturated rings. The van der Waals surface area contributed by atoms with Crippen LogP contribution in [0.25, 0.3) is 32.1 Å². The van der Waals surface area contributed by atoms with Crippen molar-refractivity contribution >= 4 is 38.3 Å². The zero-order valence-electron chi connectivity index (χ0n) is 13.4. The van der Waals surface area contributed by atoms with Crippen molar-refractivity contribution in [3.05, 3.63) is 59.1 Å². The van der Waals surface area contributed by atoms with E-state index in [9.17, 15) is 18.7 Å². The first-order valence-corrected chi connectivity index (χ1v) is 8.39. The number of aromatic nitrogens is 1. The number of benzene rings is 2. The predicted molar refractivity (Wildman–Crippen MR) is 96.0 cm³/mol. The van der Waals surface area contributed by atoms with Crippen molar-refractivity contribution in [1.82, 2.24) is 4.98 Å². The van der Waals surface area contributed by atoms with Crippen molar-refractivity contribution in [1.29, 1.82) is 0 Å². The van der Waals surface area contributed by atoms with Gasteiger partial charge in [-0.05, 0) is 23.8 Å². The Balaban J connectivity index is 2.09. The molecule has 0 saturated heterocycles. The molecule has 0 amide bonds. The Morgan fingerprint density at radius 3 is 2.54 bits per heavy atom. The van der Waals surface area contributed by atoms with Crippen LogP contribution in [0, 0.1) is 11.6 Å². The Kier molecular flexibility index (Phi) is 3.81. The molecule has 1 N–H and O–H groups in total. The van der Waals surface area contributed by atoms with E-state index in [1.165, 1.54) is 19.4 Å². The summed E-state index contributed by atoms with van der Waals surface area (Å²) in [4.78, 5) is 16.0. The number of carboxylic acids is 1. The second-order valence-corrected chi connectivity index (χ2v) is 6.65. The summed E-state index contributed by atoms with van der Waals surface area (Å²) >= 11 is 0.980. The number of halogens is 2. The second kappa shape index (κ2) is 6.03. The molecule has 0 saturated carbocycles. The quantitative estimate of drug-likeness (QED) is 0.544. The maximum atomic E-state index is 14.0. The van der Waals surface area contributed by atoms with Gasteiger partial charge in [0.05, 0.1) is 7.11 Å². The van der Waals surface area contributed by atoms with Gasteiger partial charge in [-0.25, -0.2) is 13.6 Å². The average Bonchev–Trinajstić information content (AvgIpc) is 3.02. The Bertz CT molecular complexity index is 1170. The van der Waals surface area contributed by atoms with Crippen molar-refractivity contribution in [2.24, 2.45) is 0 Å². The van der Waals surface area contributed by atoms with Gasteiger partial charge in [0, 0.05) is 33.3 Å². The lowest BCUT2D eigenvalue weighted by atomic mass is 10.0. The Hall–Kier alpha value is -3.06. The summed E-state index contributed by atoms with van der Waals surface area (Å²) in [7, 11) is 1.54. The molecule has 2 aromatic carbocycles. The first-order valence-electron chi connectivity index (χ1n) is 7.57. The number of nitrogens with zero attached hydrogens (tertiary/aromatic N) is 1. The molecule has 0 radical (unpaired) electrons. The van der Waals surface area contributed by atoms with E-state index in [1.54, 1.807) is 24.3 Å². The third-order valence-electron chi connectivity index (χ3n) is 4.11. The molecular weight excluding hydrogens is 360 g/mol. The molecule has 26 heavy (non-hydrogen) atoms. The smallest absolute Gasteiger partial charge is 0.346 e. The molecule has 2 heterocycles. The van der Waals surface area contributed by atoms with E-state index in [4.69, 9.17) is 4.74 Å². The molecule has 4 rings (SSSR count). The zero-order chi connectivity index (χ0) is 18.4. The number of pyridine rings is 1. The first-order chi connectivity index (χ1) is 12.5. The monoisotopic (exact) mass is 371 g/mol. The highest BCUT2D eigenvalue weighted by molar-refractivity contribution is 7.22. The second-order valence-electron chi connectivity index (χ2n) is 5.62. The summed E-state index contributed by atoms with van der Waals surface area (Å²) in [5.74, 6) is -1.99. The molecule has 130 valence electrons. The third-order valence-corrected chi connectivity index (χ3v) is 5.34. The largest absolute Gasteiger partial charge is 0.497 e. The maximum absolute atomic E-state index is 14.0. The van der Waals surface area contributed by atoms with Gasteiger partial charge in [0.2, 0.25) is 0 Å². The van der Waals surface area contributed by atoms with Crippen LogP contribution < -0.4 is 4.74 Å². The molecule has 0 atom stereocenters. The van der Waals surface area contributed by atoms with Crippen LogP contribution in [0.5, 0.6) is 5.75 Å². The minimum atomic E-state index is -1.11. The number of fused-ring (bicyclic) bond motifs is 3. The van der Waals surface area contributed by atoms with Gasteiger partial charge in [0.15, 0.2) is 5.82 Å². The molecule has 0 bridgehead atoms. The van der Waals surface area contributed by atoms with E-state index in [1.807, 2.05) is 0 Å². The first kappa shape index (κ1) is 16.4. The van der Waals surface area contributed by atoms with Crippen molar-refractivity contribution in [2.45, 2.75) is 0 Å². The van der Waals surface area contributed by atoms with Crippen LogP contribution in [0.15, 0.2) is 42.6 Å². The van der Waals surface area contributed by atoms with Crippen molar-refractivity contribution < 1.29 is 23.4 Å². The predicted octanol–water partition coefficient (Wildman–Crippen LogP) is 5.10. The van der Waals surface area contributed by atoms with E-state index in [0.717, 1.165) is 17.4 Å². The summed E-state index contributed by atoms with van der Waals surface area (Å²) < 4.78 is 33.3. The number of hydrogen-bond donors (Lipinski definition) is 1. The Labute approximate surface area is 150 Å². The van der Waals surface area contributed by atoms with E-state index >= 15 is 0 Å². The fourth-order valence-electron chi connectivity index (χ4n) is 2.96. The number of carboxylic acid groups (broad SMARTS) is 1. The molecule has 0 aliphatic heterocycles. The minimum absolute atomic E-state index is 0.0124. The van der Waals surface area contributed by atoms with E-state index in [-0.39, 0.29) is 15.8 Å². The third kappa shape index (κ3) is 2.48. The van der Waals surface area contributed by atoms with Gasteiger partial charge in [-0.15, -0.1) is 11.3 Å². The van der Waals surface area contributed by atoms with Crippen LogP contribution in [-0.4, -0.2) is 23.2 Å². The molecule has 0 aliphatic carbocycles. The molecule has 4 nitrogen and oxygen atoms in total. The standard InChI is InChI=1S/C19H11F2NO3S/c1-25-11-4-2-9(3-5-11)15-13-8-22-16-12(6-10(20)7-14(16)21)17(13)26-18(15)19(23)24/h2-8H,1H3,(H,23,24). The molecule has 0 unspecified atom stereocenters. The van der Waals surface area contributed by atoms with Crippen LogP contribution in [0.2, 0.25) is 0 Å². The van der Waals surface area contributed by atoms with Gasteiger partial charge < -0.3 is 9.84 Å². The van der Waals surface area contributed by atoms with Crippen LogP contribution >= 0.6 is 11.3 Å². The Morgan fingerprint density at radius 1 is 1.15 bits per heavy atom. The van der Waals surface area contributed by atoms with Crippen LogP contribution in [0.3, 0.4) is 0 Å². The van der Waals surface area contributed by atoms with E-state index < -0.39 is 17.6 Å². The highest BCUT2D eigenvalue weighted by Crippen LogP contribution is 2.42. The summed E-state index contributed by atoms with van der Waals surface area (Å²) in [6.07, 6.45) is 1.43. The highest BCUT2D eigenvalue weighted by Gasteiger charge is 2.22.